The Hall–Kier alpha value is -2.02. The van der Waals surface area contributed by atoms with Crippen LogP contribution in [0.5, 0.6) is 0 Å². The first-order valence-electron chi connectivity index (χ1n) is 7.78. The minimum absolute atomic E-state index is 0.728. The number of rotatable bonds is 3. The fraction of sp³-hybridized carbons (Fsp3) is 0.600. The molecular formula is C15H21N7. The van der Waals surface area contributed by atoms with E-state index in [1.807, 2.05) is 19.4 Å². The summed E-state index contributed by atoms with van der Waals surface area (Å²) >= 11 is 0. The van der Waals surface area contributed by atoms with E-state index in [4.69, 9.17) is 0 Å². The second-order valence-electron chi connectivity index (χ2n) is 6.47. The molecule has 7 nitrogen and oxygen atoms in total. The fourth-order valence-corrected chi connectivity index (χ4v) is 3.81. The minimum atomic E-state index is 0.728. The first kappa shape index (κ1) is 13.6. The summed E-state index contributed by atoms with van der Waals surface area (Å²) < 4.78 is 0. The Morgan fingerprint density at radius 2 is 1.91 bits per heavy atom. The molecule has 0 spiro atoms. The van der Waals surface area contributed by atoms with Crippen LogP contribution in [0, 0.1) is 18.8 Å². The van der Waals surface area contributed by atoms with Gasteiger partial charge >= 0.3 is 0 Å². The predicted molar refractivity (Wildman–Crippen MR) is 82.2 cm³/mol. The summed E-state index contributed by atoms with van der Waals surface area (Å²) in [7, 11) is 1.87. The lowest BCUT2D eigenvalue weighted by molar-refractivity contribution is 0.304. The lowest BCUT2D eigenvalue weighted by atomic mass is 10.0. The van der Waals surface area contributed by atoms with Crippen LogP contribution in [-0.4, -0.2) is 56.0 Å². The molecule has 0 N–H and O–H groups in total. The SMILES string of the molecule is Cc1cncnc1N1CC2CN(Cc3cnn(C)n3)CC2C1. The molecule has 2 unspecified atom stereocenters. The third-order valence-electron chi connectivity index (χ3n) is 4.76. The number of aromatic nitrogens is 5. The maximum atomic E-state index is 4.46. The highest BCUT2D eigenvalue weighted by molar-refractivity contribution is 5.46. The van der Waals surface area contributed by atoms with Gasteiger partial charge in [0.15, 0.2) is 0 Å². The number of hydrogen-bond acceptors (Lipinski definition) is 6. The van der Waals surface area contributed by atoms with Crippen molar-refractivity contribution >= 4 is 5.82 Å². The van der Waals surface area contributed by atoms with Crippen LogP contribution < -0.4 is 4.90 Å². The van der Waals surface area contributed by atoms with E-state index in [0.29, 0.717) is 0 Å². The lowest BCUT2D eigenvalue weighted by Gasteiger charge is -2.22. The maximum absolute atomic E-state index is 4.46. The van der Waals surface area contributed by atoms with E-state index in [1.54, 1.807) is 11.1 Å². The van der Waals surface area contributed by atoms with Gasteiger partial charge in [0.1, 0.15) is 12.1 Å². The van der Waals surface area contributed by atoms with E-state index in [0.717, 1.165) is 56.1 Å². The third-order valence-corrected chi connectivity index (χ3v) is 4.76. The molecule has 0 bridgehead atoms. The normalized spacial score (nSPS) is 24.9. The number of nitrogens with zero attached hydrogens (tertiary/aromatic N) is 7. The Balaban J connectivity index is 1.39. The summed E-state index contributed by atoms with van der Waals surface area (Å²) in [4.78, 5) is 15.1. The van der Waals surface area contributed by atoms with Crippen molar-refractivity contribution in [2.75, 3.05) is 31.1 Å². The molecule has 4 heterocycles. The van der Waals surface area contributed by atoms with Gasteiger partial charge in [-0.15, -0.1) is 0 Å². The Kier molecular flexibility index (Phi) is 3.29. The Morgan fingerprint density at radius 3 is 2.55 bits per heavy atom. The minimum Gasteiger partial charge on any atom is -0.356 e. The van der Waals surface area contributed by atoms with Gasteiger partial charge in [-0.2, -0.15) is 15.0 Å². The molecule has 22 heavy (non-hydrogen) atoms. The summed E-state index contributed by atoms with van der Waals surface area (Å²) in [6.07, 6.45) is 5.41. The molecule has 116 valence electrons. The van der Waals surface area contributed by atoms with Crippen LogP contribution in [0.2, 0.25) is 0 Å². The quantitative estimate of drug-likeness (QED) is 0.821. The van der Waals surface area contributed by atoms with Crippen molar-refractivity contribution in [2.24, 2.45) is 18.9 Å². The first-order chi connectivity index (χ1) is 10.7. The second-order valence-corrected chi connectivity index (χ2v) is 6.47. The monoisotopic (exact) mass is 299 g/mol. The van der Waals surface area contributed by atoms with Gasteiger partial charge in [-0.1, -0.05) is 0 Å². The second kappa shape index (κ2) is 5.31. The Labute approximate surface area is 130 Å². The summed E-state index contributed by atoms with van der Waals surface area (Å²) in [6.45, 7) is 7.47. The molecule has 2 fully saturated rings. The largest absolute Gasteiger partial charge is 0.356 e. The molecule has 2 aliphatic heterocycles. The summed E-state index contributed by atoms with van der Waals surface area (Å²) in [5, 5.41) is 8.53. The van der Waals surface area contributed by atoms with Crippen molar-refractivity contribution < 1.29 is 0 Å². The Morgan fingerprint density at radius 1 is 1.14 bits per heavy atom. The van der Waals surface area contributed by atoms with E-state index in [1.165, 1.54) is 5.56 Å². The molecule has 2 aliphatic rings. The zero-order valence-electron chi connectivity index (χ0n) is 13.1. The van der Waals surface area contributed by atoms with Crippen molar-refractivity contribution in [2.45, 2.75) is 13.5 Å². The summed E-state index contributed by atoms with van der Waals surface area (Å²) in [6, 6.07) is 0. The average Bonchev–Trinajstić information content (AvgIpc) is 3.14. The number of hydrogen-bond donors (Lipinski definition) is 0. The summed E-state index contributed by atoms with van der Waals surface area (Å²) in [5.74, 6) is 2.56. The van der Waals surface area contributed by atoms with E-state index in [-0.39, 0.29) is 0 Å². The van der Waals surface area contributed by atoms with E-state index < -0.39 is 0 Å². The molecule has 0 aromatic carbocycles. The van der Waals surface area contributed by atoms with Gasteiger partial charge in [0.25, 0.3) is 0 Å². The molecular weight excluding hydrogens is 278 g/mol. The van der Waals surface area contributed by atoms with E-state index >= 15 is 0 Å². The molecule has 2 saturated heterocycles. The maximum Gasteiger partial charge on any atom is 0.134 e. The Bertz CT molecular complexity index is 653. The average molecular weight is 299 g/mol. The van der Waals surface area contributed by atoms with Crippen LogP contribution in [0.4, 0.5) is 5.82 Å². The van der Waals surface area contributed by atoms with Crippen LogP contribution >= 0.6 is 0 Å². The van der Waals surface area contributed by atoms with Crippen LogP contribution in [0.15, 0.2) is 18.7 Å². The number of anilines is 1. The van der Waals surface area contributed by atoms with Gasteiger partial charge < -0.3 is 4.90 Å². The number of aryl methyl sites for hydroxylation is 2. The van der Waals surface area contributed by atoms with Gasteiger partial charge in [-0.05, 0) is 18.8 Å². The zero-order chi connectivity index (χ0) is 15.1. The van der Waals surface area contributed by atoms with Crippen molar-refractivity contribution in [1.29, 1.82) is 0 Å². The lowest BCUT2D eigenvalue weighted by Crippen LogP contribution is -2.29. The van der Waals surface area contributed by atoms with E-state index in [2.05, 4.69) is 36.9 Å². The van der Waals surface area contributed by atoms with Crippen molar-refractivity contribution in [3.8, 4) is 0 Å². The molecule has 4 rings (SSSR count). The van der Waals surface area contributed by atoms with Crippen LogP contribution in [0.1, 0.15) is 11.3 Å². The molecule has 0 amide bonds. The molecule has 7 heteroatoms. The third kappa shape index (κ3) is 2.45. The van der Waals surface area contributed by atoms with Crippen LogP contribution in [-0.2, 0) is 13.6 Å². The van der Waals surface area contributed by atoms with Gasteiger partial charge in [-0.25, -0.2) is 9.97 Å². The van der Waals surface area contributed by atoms with Gasteiger partial charge in [0.2, 0.25) is 0 Å². The molecule has 0 radical (unpaired) electrons. The smallest absolute Gasteiger partial charge is 0.134 e. The topological polar surface area (TPSA) is 63.0 Å². The molecule has 2 aromatic rings. The van der Waals surface area contributed by atoms with Gasteiger partial charge in [-0.3, -0.25) is 4.90 Å². The van der Waals surface area contributed by atoms with Gasteiger partial charge in [0.05, 0.1) is 11.9 Å². The highest BCUT2D eigenvalue weighted by Crippen LogP contribution is 2.34. The number of likely N-dealkylation sites (tertiary alicyclic amines) is 1. The highest BCUT2D eigenvalue weighted by Gasteiger charge is 2.40. The van der Waals surface area contributed by atoms with Crippen molar-refractivity contribution in [1.82, 2.24) is 29.9 Å². The standard InChI is InChI=1S/C15H21N7/c1-11-3-16-10-17-15(11)22-7-12-5-21(6-13(12)8-22)9-14-4-18-20(2)19-14/h3-4,10,12-13H,5-9H2,1-2H3. The predicted octanol–water partition coefficient (Wildman–Crippen LogP) is 0.482. The van der Waals surface area contributed by atoms with E-state index in [9.17, 15) is 0 Å². The summed E-state index contributed by atoms with van der Waals surface area (Å²) in [5.41, 5.74) is 2.23. The van der Waals surface area contributed by atoms with Crippen LogP contribution in [0.25, 0.3) is 0 Å². The molecule has 2 atom stereocenters. The van der Waals surface area contributed by atoms with Crippen molar-refractivity contribution in [3.05, 3.63) is 30.0 Å². The molecule has 0 aliphatic carbocycles. The fourth-order valence-electron chi connectivity index (χ4n) is 3.81. The number of fused-ring (bicyclic) bond motifs is 1. The molecule has 2 aromatic heterocycles. The molecule has 0 saturated carbocycles. The highest BCUT2D eigenvalue weighted by atomic mass is 15.5. The zero-order valence-corrected chi connectivity index (χ0v) is 13.1. The first-order valence-corrected chi connectivity index (χ1v) is 7.78. The van der Waals surface area contributed by atoms with Crippen molar-refractivity contribution in [3.63, 3.8) is 0 Å². The van der Waals surface area contributed by atoms with Crippen LogP contribution in [0.3, 0.4) is 0 Å². The van der Waals surface area contributed by atoms with Gasteiger partial charge in [0, 0.05) is 51.5 Å².